The fourth-order valence-corrected chi connectivity index (χ4v) is 1.70. The van der Waals surface area contributed by atoms with Gasteiger partial charge >= 0.3 is 0 Å². The van der Waals surface area contributed by atoms with E-state index in [1.165, 1.54) is 0 Å². The molecule has 1 aromatic carbocycles. The first kappa shape index (κ1) is 10.5. The number of ether oxygens (including phenoxy) is 1. The van der Waals surface area contributed by atoms with Gasteiger partial charge in [-0.05, 0) is 13.8 Å². The van der Waals surface area contributed by atoms with E-state index in [-0.39, 0.29) is 0 Å². The number of hydrogen-bond donors (Lipinski definition) is 1. The lowest BCUT2D eigenvalue weighted by molar-refractivity contribution is 0.409. The summed E-state index contributed by atoms with van der Waals surface area (Å²) >= 11 is 11.9. The van der Waals surface area contributed by atoms with Crippen molar-refractivity contribution < 1.29 is 4.74 Å². The zero-order valence-electron chi connectivity index (χ0n) is 7.74. The van der Waals surface area contributed by atoms with Gasteiger partial charge in [-0.3, -0.25) is 0 Å². The highest BCUT2D eigenvalue weighted by molar-refractivity contribution is 6.40. The second-order valence-corrected chi connectivity index (χ2v) is 3.58. The van der Waals surface area contributed by atoms with E-state index in [1.807, 2.05) is 13.8 Å². The molecule has 1 rings (SSSR count). The molecule has 0 aromatic heterocycles. The minimum absolute atomic E-state index is 0.416. The number of benzene rings is 1. The van der Waals surface area contributed by atoms with Crippen LogP contribution in [0.1, 0.15) is 11.1 Å². The predicted octanol–water partition coefficient (Wildman–Crippen LogP) is 3.20. The summed E-state index contributed by atoms with van der Waals surface area (Å²) in [6.07, 6.45) is 0. The predicted molar refractivity (Wildman–Crippen MR) is 56.9 cm³/mol. The largest absolute Gasteiger partial charge is 0.496 e. The Kier molecular flexibility index (Phi) is 2.94. The third-order valence-corrected chi connectivity index (χ3v) is 2.99. The van der Waals surface area contributed by atoms with Crippen LogP contribution in [-0.4, -0.2) is 7.11 Å². The van der Waals surface area contributed by atoms with Gasteiger partial charge in [0.2, 0.25) is 0 Å². The molecule has 0 heterocycles. The molecule has 0 radical (unpaired) electrons. The first-order chi connectivity index (χ1) is 6.00. The van der Waals surface area contributed by atoms with Crippen LogP contribution in [0, 0.1) is 13.8 Å². The van der Waals surface area contributed by atoms with Gasteiger partial charge in [-0.2, -0.15) is 0 Å². The maximum atomic E-state index is 5.95. The van der Waals surface area contributed by atoms with E-state index in [2.05, 4.69) is 0 Å². The van der Waals surface area contributed by atoms with Crippen molar-refractivity contribution in [2.24, 2.45) is 0 Å². The molecule has 0 atom stereocenters. The number of anilines is 1. The molecule has 0 spiro atoms. The summed E-state index contributed by atoms with van der Waals surface area (Å²) in [5, 5.41) is 0.930. The van der Waals surface area contributed by atoms with Gasteiger partial charge in [0.25, 0.3) is 0 Å². The third-order valence-electron chi connectivity index (χ3n) is 2.02. The summed E-state index contributed by atoms with van der Waals surface area (Å²) in [6, 6.07) is 0. The van der Waals surface area contributed by atoms with Gasteiger partial charge in [-0.15, -0.1) is 0 Å². The van der Waals surface area contributed by atoms with Gasteiger partial charge in [-0.1, -0.05) is 23.2 Å². The summed E-state index contributed by atoms with van der Waals surface area (Å²) in [4.78, 5) is 0. The second kappa shape index (κ2) is 3.64. The van der Waals surface area contributed by atoms with Gasteiger partial charge in [0.15, 0.2) is 0 Å². The quantitative estimate of drug-likeness (QED) is 0.737. The topological polar surface area (TPSA) is 35.2 Å². The number of nitrogens with two attached hydrogens (primary N) is 1. The normalized spacial score (nSPS) is 10.2. The number of rotatable bonds is 1. The Labute approximate surface area is 87.6 Å². The Balaban J connectivity index is 3.56. The maximum absolute atomic E-state index is 5.95. The van der Waals surface area contributed by atoms with E-state index < -0.39 is 0 Å². The van der Waals surface area contributed by atoms with Crippen molar-refractivity contribution in [3.8, 4) is 5.75 Å². The average Bonchev–Trinajstić information content (AvgIpc) is 2.13. The highest BCUT2D eigenvalue weighted by Gasteiger charge is 2.15. The van der Waals surface area contributed by atoms with Crippen molar-refractivity contribution in [1.82, 2.24) is 0 Å². The fraction of sp³-hybridized carbons (Fsp3) is 0.333. The lowest BCUT2D eigenvalue weighted by Gasteiger charge is -2.14. The van der Waals surface area contributed by atoms with Gasteiger partial charge < -0.3 is 10.5 Å². The molecule has 72 valence electrons. The molecule has 0 saturated heterocycles. The molecule has 1 aromatic rings. The lowest BCUT2D eigenvalue weighted by Crippen LogP contribution is -1.98. The Morgan fingerprint density at radius 3 is 1.77 bits per heavy atom. The molecule has 0 amide bonds. The standard InChI is InChI=1S/C9H11Cl2NO/c1-4-6(10)8(12)7(11)5(2)9(4)13-3/h12H2,1-3H3. The van der Waals surface area contributed by atoms with Crippen LogP contribution >= 0.6 is 23.2 Å². The first-order valence-electron chi connectivity index (χ1n) is 3.78. The zero-order chi connectivity index (χ0) is 10.2. The number of hydrogen-bond acceptors (Lipinski definition) is 2. The Bertz CT molecular complexity index is 321. The van der Waals surface area contributed by atoms with Crippen LogP contribution < -0.4 is 10.5 Å². The molecular formula is C9H11Cl2NO. The van der Waals surface area contributed by atoms with Gasteiger partial charge in [0, 0.05) is 11.1 Å². The van der Waals surface area contributed by atoms with Crippen LogP contribution in [0.5, 0.6) is 5.75 Å². The fourth-order valence-electron chi connectivity index (χ4n) is 1.29. The van der Waals surface area contributed by atoms with Crippen LogP contribution in [0.2, 0.25) is 10.0 Å². The van der Waals surface area contributed by atoms with Crippen LogP contribution in [-0.2, 0) is 0 Å². The zero-order valence-corrected chi connectivity index (χ0v) is 9.25. The van der Waals surface area contributed by atoms with Crippen molar-refractivity contribution in [3.63, 3.8) is 0 Å². The van der Waals surface area contributed by atoms with Gasteiger partial charge in [-0.25, -0.2) is 0 Å². The number of methoxy groups -OCH3 is 1. The van der Waals surface area contributed by atoms with E-state index in [4.69, 9.17) is 33.7 Å². The number of nitrogen functional groups attached to an aromatic ring is 1. The van der Waals surface area contributed by atoms with Crippen molar-refractivity contribution in [2.75, 3.05) is 12.8 Å². The molecule has 2 N–H and O–H groups in total. The van der Waals surface area contributed by atoms with E-state index in [0.29, 0.717) is 21.5 Å². The molecule has 0 fully saturated rings. The van der Waals surface area contributed by atoms with E-state index in [0.717, 1.165) is 11.1 Å². The SMILES string of the molecule is COc1c(C)c(Cl)c(N)c(Cl)c1C. The molecule has 2 nitrogen and oxygen atoms in total. The summed E-state index contributed by atoms with van der Waals surface area (Å²) in [7, 11) is 1.58. The Morgan fingerprint density at radius 2 is 1.46 bits per heavy atom. The molecule has 0 aliphatic rings. The summed E-state index contributed by atoms with van der Waals surface area (Å²) < 4.78 is 5.17. The van der Waals surface area contributed by atoms with E-state index in [9.17, 15) is 0 Å². The van der Waals surface area contributed by atoms with Gasteiger partial charge in [0.1, 0.15) is 5.75 Å². The van der Waals surface area contributed by atoms with Crippen molar-refractivity contribution in [2.45, 2.75) is 13.8 Å². The Hall–Kier alpha value is -0.600. The summed E-state index contributed by atoms with van der Waals surface area (Å²) in [5.74, 6) is 0.698. The minimum atomic E-state index is 0.416. The third kappa shape index (κ3) is 1.56. The molecule has 0 bridgehead atoms. The highest BCUT2D eigenvalue weighted by Crippen LogP contribution is 2.40. The molecule has 0 saturated carbocycles. The summed E-state index contributed by atoms with van der Waals surface area (Å²) in [6.45, 7) is 3.70. The minimum Gasteiger partial charge on any atom is -0.496 e. The van der Waals surface area contributed by atoms with Crippen LogP contribution in [0.25, 0.3) is 0 Å². The van der Waals surface area contributed by atoms with Crippen LogP contribution in [0.3, 0.4) is 0 Å². The second-order valence-electron chi connectivity index (χ2n) is 2.82. The van der Waals surface area contributed by atoms with Crippen molar-refractivity contribution in [3.05, 3.63) is 21.2 Å². The molecular weight excluding hydrogens is 209 g/mol. The van der Waals surface area contributed by atoms with Gasteiger partial charge in [0.05, 0.1) is 22.8 Å². The van der Waals surface area contributed by atoms with E-state index >= 15 is 0 Å². The Morgan fingerprint density at radius 1 is 1.08 bits per heavy atom. The number of halogens is 2. The molecule has 4 heteroatoms. The first-order valence-corrected chi connectivity index (χ1v) is 4.53. The molecule has 0 aliphatic heterocycles. The van der Waals surface area contributed by atoms with Crippen molar-refractivity contribution in [1.29, 1.82) is 0 Å². The highest BCUT2D eigenvalue weighted by atomic mass is 35.5. The van der Waals surface area contributed by atoms with E-state index in [1.54, 1.807) is 7.11 Å². The molecule has 0 unspecified atom stereocenters. The van der Waals surface area contributed by atoms with Crippen LogP contribution in [0.4, 0.5) is 5.69 Å². The maximum Gasteiger partial charge on any atom is 0.127 e. The monoisotopic (exact) mass is 219 g/mol. The summed E-state index contributed by atoms with van der Waals surface area (Å²) in [5.41, 5.74) is 7.75. The average molecular weight is 220 g/mol. The van der Waals surface area contributed by atoms with Crippen molar-refractivity contribution >= 4 is 28.9 Å². The smallest absolute Gasteiger partial charge is 0.127 e. The lowest BCUT2D eigenvalue weighted by atomic mass is 10.1. The molecule has 13 heavy (non-hydrogen) atoms. The van der Waals surface area contributed by atoms with Crippen LogP contribution in [0.15, 0.2) is 0 Å². The molecule has 0 aliphatic carbocycles.